The number of aliphatic hydroxyl groups excluding tert-OH is 5. The summed E-state index contributed by atoms with van der Waals surface area (Å²) >= 11 is 0. The Kier molecular flexibility index (Phi) is 5.79. The Morgan fingerprint density at radius 3 is 2.05 bits per heavy atom. The standard InChI is InChI=1S/C14H26O8/c1-5-9(16)11(18)8(4-15)21-14(5)22-13-7(3)20-6(2)10(17)12(13)19/h5-19H,4H2,1-3H3/t5?,6-,7?,8?,9+,10?,11+,12-,13+,14-/m0/s1. The summed E-state index contributed by atoms with van der Waals surface area (Å²) in [5.74, 6) is -0.575. The molecule has 0 aromatic rings. The molecule has 130 valence electrons. The molecule has 0 aliphatic carbocycles. The summed E-state index contributed by atoms with van der Waals surface area (Å²) in [7, 11) is 0. The van der Waals surface area contributed by atoms with E-state index in [1.165, 1.54) is 0 Å². The van der Waals surface area contributed by atoms with E-state index in [4.69, 9.17) is 14.2 Å². The first kappa shape index (κ1) is 18.0. The van der Waals surface area contributed by atoms with Crippen LogP contribution in [-0.4, -0.2) is 87.3 Å². The minimum atomic E-state index is -1.21. The highest BCUT2D eigenvalue weighted by atomic mass is 16.7. The molecule has 0 aromatic carbocycles. The van der Waals surface area contributed by atoms with Crippen LogP contribution in [0.2, 0.25) is 0 Å². The van der Waals surface area contributed by atoms with E-state index >= 15 is 0 Å². The van der Waals surface area contributed by atoms with E-state index in [0.29, 0.717) is 0 Å². The molecule has 8 nitrogen and oxygen atoms in total. The lowest BCUT2D eigenvalue weighted by atomic mass is 9.91. The van der Waals surface area contributed by atoms with Crippen LogP contribution in [0.1, 0.15) is 20.8 Å². The van der Waals surface area contributed by atoms with Crippen LogP contribution < -0.4 is 0 Å². The van der Waals surface area contributed by atoms with Gasteiger partial charge in [0, 0.05) is 5.92 Å². The third kappa shape index (κ3) is 3.29. The summed E-state index contributed by atoms with van der Waals surface area (Å²) in [5, 5.41) is 49.1. The van der Waals surface area contributed by atoms with Gasteiger partial charge in [-0.25, -0.2) is 0 Å². The lowest BCUT2D eigenvalue weighted by Crippen LogP contribution is -2.61. The lowest BCUT2D eigenvalue weighted by Gasteiger charge is -2.46. The molecule has 0 amide bonds. The normalized spacial score (nSPS) is 53.5. The first-order chi connectivity index (χ1) is 10.3. The van der Waals surface area contributed by atoms with Gasteiger partial charge in [-0.3, -0.25) is 0 Å². The average molecular weight is 322 g/mol. The van der Waals surface area contributed by atoms with Crippen LogP contribution in [0.25, 0.3) is 0 Å². The Hall–Kier alpha value is -0.320. The fraction of sp³-hybridized carbons (Fsp3) is 1.00. The van der Waals surface area contributed by atoms with Gasteiger partial charge in [-0.15, -0.1) is 0 Å². The molecule has 0 aromatic heterocycles. The Bertz CT molecular complexity index is 365. The van der Waals surface area contributed by atoms with Crippen LogP contribution >= 0.6 is 0 Å². The second kappa shape index (κ2) is 7.06. The predicted octanol–water partition coefficient (Wildman–Crippen LogP) is -2.02. The van der Waals surface area contributed by atoms with E-state index in [1.807, 2.05) is 0 Å². The van der Waals surface area contributed by atoms with E-state index in [-0.39, 0.29) is 0 Å². The second-order valence-electron chi connectivity index (χ2n) is 6.19. The first-order valence-corrected chi connectivity index (χ1v) is 7.57. The van der Waals surface area contributed by atoms with Crippen molar-refractivity contribution in [3.63, 3.8) is 0 Å². The molecule has 4 unspecified atom stereocenters. The molecule has 10 atom stereocenters. The van der Waals surface area contributed by atoms with E-state index in [1.54, 1.807) is 20.8 Å². The van der Waals surface area contributed by atoms with Gasteiger partial charge in [0.1, 0.15) is 30.5 Å². The van der Waals surface area contributed by atoms with Gasteiger partial charge in [0.2, 0.25) is 0 Å². The minimum absolute atomic E-state index is 0.469. The van der Waals surface area contributed by atoms with Crippen molar-refractivity contribution in [3.8, 4) is 0 Å². The SMILES string of the molecule is CC1[C@H](O[C@@H]2C(C)O[C@@H](C)C(O)[C@@H]2O)OC(CO)[C@@H](O)[C@@H]1O. The molecule has 0 saturated carbocycles. The van der Waals surface area contributed by atoms with Crippen molar-refractivity contribution in [2.24, 2.45) is 5.92 Å². The van der Waals surface area contributed by atoms with E-state index < -0.39 is 67.6 Å². The van der Waals surface area contributed by atoms with Gasteiger partial charge >= 0.3 is 0 Å². The van der Waals surface area contributed by atoms with Crippen molar-refractivity contribution in [3.05, 3.63) is 0 Å². The average Bonchev–Trinajstić information content (AvgIpc) is 2.49. The predicted molar refractivity (Wildman–Crippen MR) is 73.8 cm³/mol. The fourth-order valence-corrected chi connectivity index (χ4v) is 2.97. The smallest absolute Gasteiger partial charge is 0.163 e. The highest BCUT2D eigenvalue weighted by Gasteiger charge is 2.47. The van der Waals surface area contributed by atoms with Gasteiger partial charge in [0.15, 0.2) is 6.29 Å². The molecule has 5 N–H and O–H groups in total. The van der Waals surface area contributed by atoms with Gasteiger partial charge in [0.05, 0.1) is 24.9 Å². The van der Waals surface area contributed by atoms with Crippen LogP contribution in [-0.2, 0) is 14.2 Å². The molecule has 2 fully saturated rings. The maximum Gasteiger partial charge on any atom is 0.163 e. The molecule has 0 bridgehead atoms. The number of aliphatic hydroxyl groups is 5. The third-order valence-electron chi connectivity index (χ3n) is 4.54. The monoisotopic (exact) mass is 322 g/mol. The topological polar surface area (TPSA) is 129 Å². The van der Waals surface area contributed by atoms with Gasteiger partial charge < -0.3 is 39.7 Å². The molecular formula is C14H26O8. The maximum atomic E-state index is 10.2. The highest BCUT2D eigenvalue weighted by Crippen LogP contribution is 2.31. The van der Waals surface area contributed by atoms with Crippen molar-refractivity contribution >= 4 is 0 Å². The van der Waals surface area contributed by atoms with Crippen molar-refractivity contribution < 1.29 is 39.7 Å². The highest BCUT2D eigenvalue weighted by molar-refractivity contribution is 4.92. The number of hydrogen-bond donors (Lipinski definition) is 5. The molecule has 8 heteroatoms. The summed E-state index contributed by atoms with van der Waals surface area (Å²) in [6.07, 6.45) is -8.37. The zero-order valence-electron chi connectivity index (χ0n) is 12.9. The van der Waals surface area contributed by atoms with Crippen LogP contribution in [0, 0.1) is 5.92 Å². The van der Waals surface area contributed by atoms with Gasteiger partial charge in [0.25, 0.3) is 0 Å². The fourth-order valence-electron chi connectivity index (χ4n) is 2.97. The van der Waals surface area contributed by atoms with Crippen LogP contribution in [0.15, 0.2) is 0 Å². The molecular weight excluding hydrogens is 296 g/mol. The zero-order chi connectivity index (χ0) is 16.6. The molecule has 2 rings (SSSR count). The van der Waals surface area contributed by atoms with Crippen molar-refractivity contribution in [2.75, 3.05) is 6.61 Å². The lowest BCUT2D eigenvalue weighted by molar-refractivity contribution is -0.326. The van der Waals surface area contributed by atoms with Crippen LogP contribution in [0.5, 0.6) is 0 Å². The molecule has 2 aliphatic rings. The zero-order valence-corrected chi connectivity index (χ0v) is 12.9. The molecule has 0 spiro atoms. The number of ether oxygens (including phenoxy) is 3. The van der Waals surface area contributed by atoms with Gasteiger partial charge in [-0.1, -0.05) is 6.92 Å². The number of hydrogen-bond acceptors (Lipinski definition) is 8. The Morgan fingerprint density at radius 1 is 0.818 bits per heavy atom. The molecule has 22 heavy (non-hydrogen) atoms. The summed E-state index contributed by atoms with van der Waals surface area (Å²) < 4.78 is 16.7. The summed E-state index contributed by atoms with van der Waals surface area (Å²) in [4.78, 5) is 0. The van der Waals surface area contributed by atoms with E-state index in [2.05, 4.69) is 0 Å². The molecule has 2 saturated heterocycles. The molecule has 2 heterocycles. The second-order valence-corrected chi connectivity index (χ2v) is 6.19. The summed E-state index contributed by atoms with van der Waals surface area (Å²) in [6, 6.07) is 0. The Morgan fingerprint density at radius 2 is 1.45 bits per heavy atom. The van der Waals surface area contributed by atoms with Crippen LogP contribution in [0.4, 0.5) is 0 Å². The number of rotatable bonds is 3. The molecule has 0 radical (unpaired) electrons. The first-order valence-electron chi connectivity index (χ1n) is 7.57. The largest absolute Gasteiger partial charge is 0.394 e. The quantitative estimate of drug-likeness (QED) is 0.403. The van der Waals surface area contributed by atoms with Crippen molar-refractivity contribution in [1.82, 2.24) is 0 Å². The van der Waals surface area contributed by atoms with Crippen LogP contribution in [0.3, 0.4) is 0 Å². The third-order valence-corrected chi connectivity index (χ3v) is 4.54. The van der Waals surface area contributed by atoms with Crippen molar-refractivity contribution in [2.45, 2.75) is 75.9 Å². The molecule has 2 aliphatic heterocycles. The van der Waals surface area contributed by atoms with E-state index in [9.17, 15) is 25.5 Å². The van der Waals surface area contributed by atoms with E-state index in [0.717, 1.165) is 0 Å². The maximum absolute atomic E-state index is 10.2. The summed E-state index contributed by atoms with van der Waals surface area (Å²) in [6.45, 7) is 4.52. The van der Waals surface area contributed by atoms with Gasteiger partial charge in [-0.05, 0) is 13.8 Å². The Labute approximate surface area is 129 Å². The van der Waals surface area contributed by atoms with Gasteiger partial charge in [-0.2, -0.15) is 0 Å². The van der Waals surface area contributed by atoms with Crippen molar-refractivity contribution in [1.29, 1.82) is 0 Å². The minimum Gasteiger partial charge on any atom is -0.394 e. The summed E-state index contributed by atoms with van der Waals surface area (Å²) in [5.41, 5.74) is 0. The Balaban J connectivity index is 2.08.